The molecule has 0 N–H and O–H groups in total. The highest BCUT2D eigenvalue weighted by atomic mass is 16.2. The average molecular weight is 319 g/mol. The molecule has 6 nitrogen and oxygen atoms in total. The number of carbonyl (C=O) groups excluding carboxylic acids is 1. The van der Waals surface area contributed by atoms with Crippen LogP contribution in [0.4, 0.5) is 0 Å². The van der Waals surface area contributed by atoms with E-state index >= 15 is 0 Å². The lowest BCUT2D eigenvalue weighted by Gasteiger charge is -2.32. The first-order valence-electron chi connectivity index (χ1n) is 7.95. The minimum absolute atomic E-state index is 0.000381. The normalized spacial score (nSPS) is 16.7. The third-order valence-corrected chi connectivity index (χ3v) is 4.31. The van der Waals surface area contributed by atoms with Crippen LogP contribution in [-0.2, 0) is 6.54 Å². The molecule has 24 heavy (non-hydrogen) atoms. The first kappa shape index (κ1) is 14.6. The monoisotopic (exact) mass is 319 g/mol. The summed E-state index contributed by atoms with van der Waals surface area (Å²) < 4.78 is 1.91. The number of benzene rings is 1. The number of carbonyl (C=O) groups is 1. The van der Waals surface area contributed by atoms with Crippen molar-refractivity contribution >= 4 is 5.91 Å². The number of nitrogens with zero attached hydrogens (tertiary/aromatic N) is 5. The molecule has 1 aromatic carbocycles. The quantitative estimate of drug-likeness (QED) is 0.728. The molecule has 4 rings (SSSR count). The molecule has 0 unspecified atom stereocenters. The molecule has 6 heteroatoms. The summed E-state index contributed by atoms with van der Waals surface area (Å²) in [5.41, 5.74) is 1.63. The maximum absolute atomic E-state index is 12.7. The molecule has 0 radical (unpaired) electrons. The SMILES string of the molecule is C[C@H]1c2nc(-c3ccccc3)nn2CCN1C(=O)c1ccncc1. The minimum atomic E-state index is -0.121. The number of pyridine rings is 1. The molecule has 0 spiro atoms. The Labute approximate surface area is 139 Å². The molecular formula is C18H17N5O. The third-order valence-electron chi connectivity index (χ3n) is 4.31. The Morgan fingerprint density at radius 1 is 1.08 bits per heavy atom. The second-order valence-electron chi connectivity index (χ2n) is 5.79. The van der Waals surface area contributed by atoms with Crippen LogP contribution in [0.15, 0.2) is 54.9 Å². The van der Waals surface area contributed by atoms with Gasteiger partial charge in [0.25, 0.3) is 5.91 Å². The van der Waals surface area contributed by atoms with Crippen LogP contribution in [0.3, 0.4) is 0 Å². The molecule has 1 aliphatic rings. The van der Waals surface area contributed by atoms with Gasteiger partial charge in [0.1, 0.15) is 5.82 Å². The van der Waals surface area contributed by atoms with Crippen molar-refractivity contribution in [3.63, 3.8) is 0 Å². The summed E-state index contributed by atoms with van der Waals surface area (Å²) >= 11 is 0. The predicted molar refractivity (Wildman–Crippen MR) is 89.1 cm³/mol. The molecule has 0 aliphatic carbocycles. The standard InChI is InChI=1S/C18H17N5O/c1-13-17-20-16(14-5-3-2-4-6-14)21-23(17)12-11-22(13)18(24)15-7-9-19-10-8-15/h2-10,13H,11-12H2,1H3/t13-/m0/s1. The van der Waals surface area contributed by atoms with E-state index in [2.05, 4.69) is 15.1 Å². The topological polar surface area (TPSA) is 63.9 Å². The molecule has 1 atom stereocenters. The van der Waals surface area contributed by atoms with E-state index in [0.717, 1.165) is 11.4 Å². The molecule has 0 saturated carbocycles. The van der Waals surface area contributed by atoms with Crippen molar-refractivity contribution in [1.82, 2.24) is 24.6 Å². The summed E-state index contributed by atoms with van der Waals surface area (Å²) in [6.07, 6.45) is 3.27. The molecule has 2 aromatic heterocycles. The van der Waals surface area contributed by atoms with Gasteiger partial charge in [-0.3, -0.25) is 9.78 Å². The molecule has 0 bridgehead atoms. The van der Waals surface area contributed by atoms with E-state index < -0.39 is 0 Å². The molecule has 120 valence electrons. The molecule has 0 fully saturated rings. The Balaban J connectivity index is 1.64. The first-order valence-corrected chi connectivity index (χ1v) is 7.95. The number of aromatic nitrogens is 4. The van der Waals surface area contributed by atoms with Crippen molar-refractivity contribution in [2.24, 2.45) is 0 Å². The maximum atomic E-state index is 12.7. The summed E-state index contributed by atoms with van der Waals surface area (Å²) in [6, 6.07) is 13.3. The van der Waals surface area contributed by atoms with Gasteiger partial charge in [0.05, 0.1) is 12.6 Å². The lowest BCUT2D eigenvalue weighted by atomic mass is 10.1. The number of hydrogen-bond donors (Lipinski definition) is 0. The van der Waals surface area contributed by atoms with Crippen LogP contribution in [-0.4, -0.2) is 37.1 Å². The highest BCUT2D eigenvalue weighted by Crippen LogP contribution is 2.27. The van der Waals surface area contributed by atoms with Crippen LogP contribution in [0.1, 0.15) is 29.1 Å². The van der Waals surface area contributed by atoms with Gasteiger partial charge < -0.3 is 4.90 Å². The van der Waals surface area contributed by atoms with Crippen molar-refractivity contribution in [3.8, 4) is 11.4 Å². The zero-order valence-electron chi connectivity index (χ0n) is 13.3. The highest BCUT2D eigenvalue weighted by molar-refractivity contribution is 5.94. The van der Waals surface area contributed by atoms with Gasteiger partial charge in [-0.2, -0.15) is 5.10 Å². The van der Waals surface area contributed by atoms with Crippen LogP contribution in [0.5, 0.6) is 0 Å². The molecule has 1 aliphatic heterocycles. The Hall–Kier alpha value is -3.02. The van der Waals surface area contributed by atoms with Gasteiger partial charge in [-0.1, -0.05) is 30.3 Å². The molecule has 3 heterocycles. The van der Waals surface area contributed by atoms with Gasteiger partial charge in [-0.05, 0) is 19.1 Å². The fourth-order valence-electron chi connectivity index (χ4n) is 3.01. The third kappa shape index (κ3) is 2.46. The van der Waals surface area contributed by atoms with Gasteiger partial charge in [-0.15, -0.1) is 0 Å². The summed E-state index contributed by atoms with van der Waals surface area (Å²) in [5, 5.41) is 4.60. The number of amides is 1. The van der Waals surface area contributed by atoms with Crippen LogP contribution < -0.4 is 0 Å². The minimum Gasteiger partial charge on any atom is -0.327 e. The fraction of sp³-hybridized carbons (Fsp3) is 0.222. The summed E-state index contributed by atoms with van der Waals surface area (Å²) in [7, 11) is 0. The van der Waals surface area contributed by atoms with Crippen molar-refractivity contribution in [3.05, 3.63) is 66.2 Å². The zero-order valence-corrected chi connectivity index (χ0v) is 13.3. The molecule has 0 saturated heterocycles. The Morgan fingerprint density at radius 3 is 2.58 bits per heavy atom. The Kier molecular flexibility index (Phi) is 3.57. The maximum Gasteiger partial charge on any atom is 0.254 e. The molecule has 1 amide bonds. The first-order chi connectivity index (χ1) is 11.7. The summed E-state index contributed by atoms with van der Waals surface area (Å²) in [6.45, 7) is 3.26. The fourth-order valence-corrected chi connectivity index (χ4v) is 3.01. The van der Waals surface area contributed by atoms with Crippen molar-refractivity contribution in [2.45, 2.75) is 19.5 Å². The molecular weight excluding hydrogens is 302 g/mol. The summed E-state index contributed by atoms with van der Waals surface area (Å²) in [5.74, 6) is 1.53. The summed E-state index contributed by atoms with van der Waals surface area (Å²) in [4.78, 5) is 23.2. The number of hydrogen-bond acceptors (Lipinski definition) is 4. The zero-order chi connectivity index (χ0) is 16.5. The van der Waals surface area contributed by atoms with Crippen molar-refractivity contribution < 1.29 is 4.79 Å². The number of rotatable bonds is 2. The van der Waals surface area contributed by atoms with Crippen LogP contribution >= 0.6 is 0 Å². The lowest BCUT2D eigenvalue weighted by Crippen LogP contribution is -2.41. The average Bonchev–Trinajstić information content (AvgIpc) is 3.08. The Morgan fingerprint density at radius 2 is 1.83 bits per heavy atom. The highest BCUT2D eigenvalue weighted by Gasteiger charge is 2.31. The van der Waals surface area contributed by atoms with Gasteiger partial charge in [0, 0.05) is 30.1 Å². The molecule has 3 aromatic rings. The van der Waals surface area contributed by atoms with E-state index in [9.17, 15) is 4.79 Å². The van der Waals surface area contributed by atoms with Gasteiger partial charge in [0.2, 0.25) is 0 Å². The lowest BCUT2D eigenvalue weighted by molar-refractivity contribution is 0.0630. The Bertz CT molecular complexity index is 860. The number of fused-ring (bicyclic) bond motifs is 1. The van der Waals surface area contributed by atoms with Crippen molar-refractivity contribution in [2.75, 3.05) is 6.54 Å². The van der Waals surface area contributed by atoms with Gasteiger partial charge in [0.15, 0.2) is 5.82 Å². The smallest absolute Gasteiger partial charge is 0.254 e. The van der Waals surface area contributed by atoms with Crippen molar-refractivity contribution in [1.29, 1.82) is 0 Å². The van der Waals surface area contributed by atoms with E-state index in [1.54, 1.807) is 24.5 Å². The van der Waals surface area contributed by atoms with E-state index in [1.807, 2.05) is 46.8 Å². The second-order valence-corrected chi connectivity index (χ2v) is 5.79. The predicted octanol–water partition coefficient (Wildman–Crippen LogP) is 2.56. The van der Waals surface area contributed by atoms with Crippen LogP contribution in [0.25, 0.3) is 11.4 Å². The van der Waals surface area contributed by atoms with Crippen LogP contribution in [0.2, 0.25) is 0 Å². The van der Waals surface area contributed by atoms with E-state index in [0.29, 0.717) is 24.5 Å². The largest absolute Gasteiger partial charge is 0.327 e. The second kappa shape index (κ2) is 5.88. The van der Waals surface area contributed by atoms with Crippen LogP contribution in [0, 0.1) is 0 Å². The van der Waals surface area contributed by atoms with E-state index in [4.69, 9.17) is 0 Å². The van der Waals surface area contributed by atoms with E-state index in [-0.39, 0.29) is 11.9 Å². The van der Waals surface area contributed by atoms with Gasteiger partial charge in [-0.25, -0.2) is 9.67 Å². The van der Waals surface area contributed by atoms with E-state index in [1.165, 1.54) is 0 Å². The van der Waals surface area contributed by atoms with Gasteiger partial charge >= 0.3 is 0 Å².